The van der Waals surface area contributed by atoms with Gasteiger partial charge >= 0.3 is 0 Å². The maximum atomic E-state index is 12.8. The molecule has 1 aliphatic heterocycles. The fourth-order valence-corrected chi connectivity index (χ4v) is 3.72. The Morgan fingerprint density at radius 2 is 1.59 bits per heavy atom. The first-order valence-corrected chi connectivity index (χ1v) is 9.43. The SMILES string of the molecule is O=C(Cc1ccc[nH]1)N1CCCN(C(=O)Cc2c[nH]c3ccccc23)CC1. The Labute approximate surface area is 158 Å². The number of carbonyl (C=O) groups is 2. The number of H-pyrrole nitrogens is 2. The molecule has 0 spiro atoms. The molecule has 1 fully saturated rings. The van der Waals surface area contributed by atoms with Crippen LogP contribution in [0, 0.1) is 0 Å². The fraction of sp³-hybridized carbons (Fsp3) is 0.333. The first-order valence-electron chi connectivity index (χ1n) is 9.43. The Hall–Kier alpha value is -3.02. The van der Waals surface area contributed by atoms with E-state index in [-0.39, 0.29) is 11.8 Å². The summed E-state index contributed by atoms with van der Waals surface area (Å²) in [6.07, 6.45) is 5.34. The summed E-state index contributed by atoms with van der Waals surface area (Å²) in [5.41, 5.74) is 3.01. The highest BCUT2D eigenvalue weighted by molar-refractivity contribution is 5.89. The van der Waals surface area contributed by atoms with Crippen molar-refractivity contribution in [2.24, 2.45) is 0 Å². The minimum Gasteiger partial charge on any atom is -0.365 e. The van der Waals surface area contributed by atoms with Crippen LogP contribution in [0.25, 0.3) is 10.9 Å². The number of fused-ring (bicyclic) bond motifs is 1. The monoisotopic (exact) mass is 364 g/mol. The fourth-order valence-electron chi connectivity index (χ4n) is 3.72. The standard InChI is InChI=1S/C21H24N4O2/c26-20(13-16-15-23-19-7-2-1-6-18(16)19)24-9-4-10-25(12-11-24)21(27)14-17-5-3-8-22-17/h1-3,5-8,15,22-23H,4,9-14H2. The maximum Gasteiger partial charge on any atom is 0.228 e. The van der Waals surface area contributed by atoms with E-state index in [2.05, 4.69) is 9.97 Å². The Kier molecular flexibility index (Phi) is 4.96. The molecule has 2 aromatic heterocycles. The Morgan fingerprint density at radius 3 is 2.33 bits per heavy atom. The molecule has 0 unspecified atom stereocenters. The van der Waals surface area contributed by atoms with Gasteiger partial charge in [-0.15, -0.1) is 0 Å². The van der Waals surface area contributed by atoms with Crippen LogP contribution in [-0.2, 0) is 22.4 Å². The lowest BCUT2D eigenvalue weighted by atomic mass is 10.1. The number of hydrogen-bond acceptors (Lipinski definition) is 2. The zero-order valence-corrected chi connectivity index (χ0v) is 15.3. The average Bonchev–Trinajstić information content (AvgIpc) is 3.25. The highest BCUT2D eigenvalue weighted by Gasteiger charge is 2.22. The van der Waals surface area contributed by atoms with E-state index >= 15 is 0 Å². The topological polar surface area (TPSA) is 72.2 Å². The van der Waals surface area contributed by atoms with Gasteiger partial charge in [0.25, 0.3) is 0 Å². The molecule has 1 saturated heterocycles. The molecule has 0 radical (unpaired) electrons. The van der Waals surface area contributed by atoms with E-state index in [9.17, 15) is 9.59 Å². The van der Waals surface area contributed by atoms with E-state index in [0.29, 0.717) is 39.0 Å². The summed E-state index contributed by atoms with van der Waals surface area (Å²) in [6, 6.07) is 11.9. The first kappa shape index (κ1) is 17.4. The molecule has 3 heterocycles. The number of aromatic nitrogens is 2. The van der Waals surface area contributed by atoms with Crippen molar-refractivity contribution in [1.29, 1.82) is 0 Å². The van der Waals surface area contributed by atoms with E-state index in [1.54, 1.807) is 0 Å². The predicted octanol–water partition coefficient (Wildman–Crippen LogP) is 2.34. The zero-order chi connectivity index (χ0) is 18.6. The number of hydrogen-bond donors (Lipinski definition) is 2. The molecule has 6 heteroatoms. The van der Waals surface area contributed by atoms with Crippen LogP contribution in [0.3, 0.4) is 0 Å². The lowest BCUT2D eigenvalue weighted by Gasteiger charge is -2.22. The van der Waals surface area contributed by atoms with Crippen molar-refractivity contribution in [3.05, 3.63) is 60.0 Å². The number of benzene rings is 1. The Bertz CT molecular complexity index is 929. The molecule has 0 bridgehead atoms. The smallest absolute Gasteiger partial charge is 0.228 e. The van der Waals surface area contributed by atoms with E-state index in [1.807, 2.05) is 58.6 Å². The number of rotatable bonds is 4. The number of carbonyl (C=O) groups excluding carboxylic acids is 2. The van der Waals surface area contributed by atoms with Crippen LogP contribution in [0.15, 0.2) is 48.8 Å². The van der Waals surface area contributed by atoms with Gasteiger partial charge in [0.2, 0.25) is 11.8 Å². The molecule has 1 aliphatic rings. The van der Waals surface area contributed by atoms with E-state index < -0.39 is 0 Å². The molecular formula is C21H24N4O2. The summed E-state index contributed by atoms with van der Waals surface area (Å²) in [5.74, 6) is 0.238. The van der Waals surface area contributed by atoms with Gasteiger partial charge in [0.05, 0.1) is 12.8 Å². The Balaban J connectivity index is 1.36. The summed E-state index contributed by atoms with van der Waals surface area (Å²) in [5, 5.41) is 1.10. The second-order valence-corrected chi connectivity index (χ2v) is 7.02. The third-order valence-electron chi connectivity index (χ3n) is 5.22. The lowest BCUT2D eigenvalue weighted by molar-refractivity contribution is -0.132. The quantitative estimate of drug-likeness (QED) is 0.746. The van der Waals surface area contributed by atoms with Gasteiger partial charge in [0, 0.05) is 55.2 Å². The highest BCUT2D eigenvalue weighted by Crippen LogP contribution is 2.19. The summed E-state index contributed by atoms with van der Waals surface area (Å²) < 4.78 is 0. The third kappa shape index (κ3) is 3.89. The molecule has 27 heavy (non-hydrogen) atoms. The van der Waals surface area contributed by atoms with Crippen molar-refractivity contribution in [3.8, 4) is 0 Å². The summed E-state index contributed by atoms with van der Waals surface area (Å²) >= 11 is 0. The van der Waals surface area contributed by atoms with E-state index in [1.165, 1.54) is 0 Å². The van der Waals surface area contributed by atoms with Crippen LogP contribution in [-0.4, -0.2) is 57.8 Å². The normalized spacial score (nSPS) is 15.1. The van der Waals surface area contributed by atoms with Crippen LogP contribution < -0.4 is 0 Å². The van der Waals surface area contributed by atoms with Gasteiger partial charge in [0.1, 0.15) is 0 Å². The number of aromatic amines is 2. The lowest BCUT2D eigenvalue weighted by Crippen LogP contribution is -2.38. The average molecular weight is 364 g/mol. The molecule has 2 N–H and O–H groups in total. The van der Waals surface area contributed by atoms with Gasteiger partial charge in [0.15, 0.2) is 0 Å². The molecule has 1 aromatic carbocycles. The van der Waals surface area contributed by atoms with Gasteiger partial charge in [-0.1, -0.05) is 18.2 Å². The zero-order valence-electron chi connectivity index (χ0n) is 15.3. The molecule has 0 saturated carbocycles. The van der Waals surface area contributed by atoms with E-state index in [0.717, 1.165) is 28.6 Å². The van der Waals surface area contributed by atoms with Gasteiger partial charge in [-0.3, -0.25) is 9.59 Å². The minimum atomic E-state index is 0.114. The molecule has 4 rings (SSSR count). The van der Waals surface area contributed by atoms with E-state index in [4.69, 9.17) is 0 Å². The largest absolute Gasteiger partial charge is 0.365 e. The molecule has 140 valence electrons. The Morgan fingerprint density at radius 1 is 0.852 bits per heavy atom. The summed E-state index contributed by atoms with van der Waals surface area (Å²) in [6.45, 7) is 2.60. The highest BCUT2D eigenvalue weighted by atomic mass is 16.2. The van der Waals surface area contributed by atoms with Gasteiger partial charge in [-0.25, -0.2) is 0 Å². The second kappa shape index (κ2) is 7.70. The molecular weight excluding hydrogens is 340 g/mol. The molecule has 0 atom stereocenters. The minimum absolute atomic E-state index is 0.114. The first-order chi connectivity index (χ1) is 13.2. The van der Waals surface area contributed by atoms with Gasteiger partial charge < -0.3 is 19.8 Å². The van der Waals surface area contributed by atoms with Crippen LogP contribution in [0.1, 0.15) is 17.7 Å². The van der Waals surface area contributed by atoms with Crippen LogP contribution in [0.2, 0.25) is 0 Å². The number of nitrogens with one attached hydrogen (secondary N) is 2. The van der Waals surface area contributed by atoms with Crippen molar-refractivity contribution >= 4 is 22.7 Å². The van der Waals surface area contributed by atoms with Gasteiger partial charge in [-0.05, 0) is 30.2 Å². The van der Waals surface area contributed by atoms with Crippen molar-refractivity contribution in [3.63, 3.8) is 0 Å². The summed E-state index contributed by atoms with van der Waals surface area (Å²) in [7, 11) is 0. The van der Waals surface area contributed by atoms with Crippen molar-refractivity contribution in [1.82, 2.24) is 19.8 Å². The number of amides is 2. The maximum absolute atomic E-state index is 12.8. The molecule has 0 aliphatic carbocycles. The van der Waals surface area contributed by atoms with Crippen molar-refractivity contribution in [2.75, 3.05) is 26.2 Å². The molecule has 6 nitrogen and oxygen atoms in total. The second-order valence-electron chi connectivity index (χ2n) is 7.02. The van der Waals surface area contributed by atoms with Gasteiger partial charge in [-0.2, -0.15) is 0 Å². The number of para-hydroxylation sites is 1. The number of nitrogens with zero attached hydrogens (tertiary/aromatic N) is 2. The molecule has 2 amide bonds. The third-order valence-corrected chi connectivity index (χ3v) is 5.22. The molecule has 3 aromatic rings. The van der Waals surface area contributed by atoms with Crippen LogP contribution in [0.5, 0.6) is 0 Å². The van der Waals surface area contributed by atoms with Crippen molar-refractivity contribution < 1.29 is 9.59 Å². The van der Waals surface area contributed by atoms with Crippen LogP contribution >= 0.6 is 0 Å². The summed E-state index contributed by atoms with van der Waals surface area (Å²) in [4.78, 5) is 35.4. The predicted molar refractivity (Wildman–Crippen MR) is 104 cm³/mol. The van der Waals surface area contributed by atoms with Crippen LogP contribution in [0.4, 0.5) is 0 Å². The van der Waals surface area contributed by atoms with Crippen molar-refractivity contribution in [2.45, 2.75) is 19.3 Å².